The Morgan fingerprint density at radius 3 is 2.72 bits per heavy atom. The molecule has 2 aromatic heterocycles. The third-order valence-electron chi connectivity index (χ3n) is 4.12. The van der Waals surface area contributed by atoms with Crippen molar-refractivity contribution in [1.82, 2.24) is 24.8 Å². The molecule has 124 valence electrons. The van der Waals surface area contributed by atoms with E-state index < -0.39 is 0 Å². The van der Waals surface area contributed by atoms with Gasteiger partial charge in [0.2, 0.25) is 5.91 Å². The summed E-state index contributed by atoms with van der Waals surface area (Å²) >= 11 is 0. The number of carbonyl (C=O) groups excluding carboxylic acids is 1. The second-order valence-electron chi connectivity index (χ2n) is 5.81. The molecule has 0 fully saturated rings. The topological polar surface area (TPSA) is 77.6 Å². The molecule has 0 aliphatic carbocycles. The summed E-state index contributed by atoms with van der Waals surface area (Å²) in [5.41, 5.74) is 3.69. The van der Waals surface area contributed by atoms with E-state index in [4.69, 9.17) is 0 Å². The molecule has 25 heavy (non-hydrogen) atoms. The molecule has 0 aliphatic heterocycles. The van der Waals surface area contributed by atoms with Gasteiger partial charge in [0, 0.05) is 24.1 Å². The van der Waals surface area contributed by atoms with E-state index in [1.54, 1.807) is 4.68 Å². The van der Waals surface area contributed by atoms with Gasteiger partial charge >= 0.3 is 0 Å². The molecule has 7 nitrogen and oxygen atoms in total. The van der Waals surface area contributed by atoms with Crippen molar-refractivity contribution in [2.75, 3.05) is 5.32 Å². The molecule has 0 saturated heterocycles. The number of nitrogens with zero attached hydrogens (tertiary/aromatic N) is 5. The second kappa shape index (κ2) is 6.20. The SMILES string of the molecule is Cn1ccc2c(NC(=O)Cc3ccc(-n4cnnn4)cc3)cccc21. The second-order valence-corrected chi connectivity index (χ2v) is 5.81. The van der Waals surface area contributed by atoms with Crippen molar-refractivity contribution in [2.24, 2.45) is 7.05 Å². The van der Waals surface area contributed by atoms with Crippen LogP contribution in [0.5, 0.6) is 0 Å². The maximum Gasteiger partial charge on any atom is 0.228 e. The molecule has 1 amide bonds. The highest BCUT2D eigenvalue weighted by atomic mass is 16.1. The molecular weight excluding hydrogens is 316 g/mol. The molecule has 0 unspecified atom stereocenters. The van der Waals surface area contributed by atoms with Gasteiger partial charge in [0.25, 0.3) is 0 Å². The van der Waals surface area contributed by atoms with Gasteiger partial charge in [-0.25, -0.2) is 4.68 Å². The monoisotopic (exact) mass is 332 g/mol. The lowest BCUT2D eigenvalue weighted by atomic mass is 10.1. The average molecular weight is 332 g/mol. The van der Waals surface area contributed by atoms with Gasteiger partial charge in [0.05, 0.1) is 17.8 Å². The minimum absolute atomic E-state index is 0.0495. The third kappa shape index (κ3) is 2.99. The van der Waals surface area contributed by atoms with E-state index >= 15 is 0 Å². The van der Waals surface area contributed by atoms with Crippen molar-refractivity contribution in [3.8, 4) is 5.69 Å². The average Bonchev–Trinajstić information content (AvgIpc) is 3.27. The molecule has 0 bridgehead atoms. The van der Waals surface area contributed by atoms with E-state index in [-0.39, 0.29) is 5.91 Å². The van der Waals surface area contributed by atoms with Crippen molar-refractivity contribution >= 4 is 22.5 Å². The maximum atomic E-state index is 12.4. The molecule has 0 spiro atoms. The summed E-state index contributed by atoms with van der Waals surface area (Å²) in [6.45, 7) is 0. The number of rotatable bonds is 4. The van der Waals surface area contributed by atoms with E-state index in [1.807, 2.05) is 66.3 Å². The quantitative estimate of drug-likeness (QED) is 0.622. The number of fused-ring (bicyclic) bond motifs is 1. The number of hydrogen-bond acceptors (Lipinski definition) is 4. The zero-order chi connectivity index (χ0) is 17.2. The first-order valence-corrected chi connectivity index (χ1v) is 7.87. The van der Waals surface area contributed by atoms with Crippen LogP contribution in [0.4, 0.5) is 5.69 Å². The summed E-state index contributed by atoms with van der Waals surface area (Å²) in [4.78, 5) is 12.4. The minimum Gasteiger partial charge on any atom is -0.350 e. The van der Waals surface area contributed by atoms with Crippen LogP contribution in [0.1, 0.15) is 5.56 Å². The summed E-state index contributed by atoms with van der Waals surface area (Å²) in [5.74, 6) is -0.0495. The van der Waals surface area contributed by atoms with Crippen LogP contribution in [-0.2, 0) is 18.3 Å². The van der Waals surface area contributed by atoms with Crippen LogP contribution in [0, 0.1) is 0 Å². The zero-order valence-corrected chi connectivity index (χ0v) is 13.6. The minimum atomic E-state index is -0.0495. The Kier molecular flexibility index (Phi) is 3.74. The number of amides is 1. The first kappa shape index (κ1) is 15.1. The highest BCUT2D eigenvalue weighted by Crippen LogP contribution is 2.24. The first-order valence-electron chi connectivity index (χ1n) is 7.87. The normalized spacial score (nSPS) is 10.9. The summed E-state index contributed by atoms with van der Waals surface area (Å²) in [6, 6.07) is 15.5. The van der Waals surface area contributed by atoms with Gasteiger partial charge in [-0.1, -0.05) is 18.2 Å². The molecule has 2 aromatic carbocycles. The molecule has 0 atom stereocenters. The van der Waals surface area contributed by atoms with E-state index in [2.05, 4.69) is 20.8 Å². The van der Waals surface area contributed by atoms with Gasteiger partial charge in [0.15, 0.2) is 0 Å². The fourth-order valence-electron chi connectivity index (χ4n) is 2.84. The van der Waals surface area contributed by atoms with E-state index in [0.29, 0.717) is 6.42 Å². The van der Waals surface area contributed by atoms with Gasteiger partial charge in [0.1, 0.15) is 6.33 Å². The van der Waals surface area contributed by atoms with Crippen LogP contribution in [0.15, 0.2) is 61.1 Å². The number of nitrogens with one attached hydrogen (secondary N) is 1. The van der Waals surface area contributed by atoms with Crippen LogP contribution >= 0.6 is 0 Å². The standard InChI is InChI=1S/C18H16N6O/c1-23-10-9-15-16(3-2-4-17(15)23)20-18(25)11-13-5-7-14(8-6-13)24-12-19-21-22-24/h2-10,12H,11H2,1H3,(H,20,25). The van der Waals surface area contributed by atoms with Crippen LogP contribution in [0.25, 0.3) is 16.6 Å². The lowest BCUT2D eigenvalue weighted by Gasteiger charge is -2.08. The summed E-state index contributed by atoms with van der Waals surface area (Å²) < 4.78 is 3.60. The van der Waals surface area contributed by atoms with Gasteiger partial charge < -0.3 is 9.88 Å². The van der Waals surface area contributed by atoms with Crippen molar-refractivity contribution in [3.63, 3.8) is 0 Å². The Labute approximate surface area is 143 Å². The van der Waals surface area contributed by atoms with Crippen LogP contribution in [-0.4, -0.2) is 30.7 Å². The number of benzene rings is 2. The van der Waals surface area contributed by atoms with Crippen LogP contribution in [0.2, 0.25) is 0 Å². The van der Waals surface area contributed by atoms with Gasteiger partial charge in [-0.05, 0) is 46.3 Å². The Balaban J connectivity index is 1.48. The fraction of sp³-hybridized carbons (Fsp3) is 0.111. The predicted octanol–water partition coefficient (Wildman–Crippen LogP) is 2.34. The van der Waals surface area contributed by atoms with Crippen molar-refractivity contribution < 1.29 is 4.79 Å². The van der Waals surface area contributed by atoms with Crippen molar-refractivity contribution in [3.05, 3.63) is 66.6 Å². The lowest BCUT2D eigenvalue weighted by molar-refractivity contribution is -0.115. The summed E-state index contributed by atoms with van der Waals surface area (Å²) in [5, 5.41) is 15.1. The van der Waals surface area contributed by atoms with Crippen LogP contribution < -0.4 is 5.32 Å². The lowest BCUT2D eigenvalue weighted by Crippen LogP contribution is -2.14. The van der Waals surface area contributed by atoms with Crippen LogP contribution in [0.3, 0.4) is 0 Å². The smallest absolute Gasteiger partial charge is 0.228 e. The molecule has 2 heterocycles. The molecule has 0 saturated carbocycles. The number of aryl methyl sites for hydroxylation is 1. The first-order chi connectivity index (χ1) is 12.2. The number of carbonyl (C=O) groups is 1. The van der Waals surface area contributed by atoms with E-state index in [9.17, 15) is 4.79 Å². The highest BCUT2D eigenvalue weighted by molar-refractivity contribution is 6.02. The zero-order valence-electron chi connectivity index (χ0n) is 13.6. The number of tetrazole rings is 1. The Morgan fingerprint density at radius 1 is 1.12 bits per heavy atom. The number of aromatic nitrogens is 5. The van der Waals surface area contributed by atoms with Gasteiger partial charge in [-0.15, -0.1) is 5.10 Å². The number of anilines is 1. The maximum absolute atomic E-state index is 12.4. The van der Waals surface area contributed by atoms with E-state index in [0.717, 1.165) is 27.8 Å². The molecule has 1 N–H and O–H groups in total. The fourth-order valence-corrected chi connectivity index (χ4v) is 2.84. The van der Waals surface area contributed by atoms with E-state index in [1.165, 1.54) is 6.33 Å². The largest absolute Gasteiger partial charge is 0.350 e. The molecule has 4 aromatic rings. The predicted molar refractivity (Wildman–Crippen MR) is 94.4 cm³/mol. The van der Waals surface area contributed by atoms with Crippen molar-refractivity contribution in [2.45, 2.75) is 6.42 Å². The van der Waals surface area contributed by atoms with Gasteiger partial charge in [-0.2, -0.15) is 0 Å². The van der Waals surface area contributed by atoms with Crippen molar-refractivity contribution in [1.29, 1.82) is 0 Å². The third-order valence-corrected chi connectivity index (χ3v) is 4.12. The molecule has 4 rings (SSSR count). The highest BCUT2D eigenvalue weighted by Gasteiger charge is 2.09. The molecule has 7 heteroatoms. The summed E-state index contributed by atoms with van der Waals surface area (Å²) in [7, 11) is 1.99. The molecular formula is C18H16N6O. The van der Waals surface area contributed by atoms with Gasteiger partial charge in [-0.3, -0.25) is 4.79 Å². The Hall–Kier alpha value is -3.48. The molecule has 0 radical (unpaired) electrons. The Bertz CT molecular complexity index is 1020. The number of hydrogen-bond donors (Lipinski definition) is 1. The summed E-state index contributed by atoms with van der Waals surface area (Å²) in [6.07, 6.45) is 3.82. The molecule has 0 aliphatic rings. The Morgan fingerprint density at radius 2 is 1.96 bits per heavy atom.